The Hall–Kier alpha value is -1.10. The van der Waals surface area contributed by atoms with Crippen LogP contribution in [0.25, 0.3) is 4.96 Å². The Morgan fingerprint density at radius 3 is 3.18 bits per heavy atom. The fourth-order valence-electron chi connectivity index (χ4n) is 0.896. The minimum Gasteiger partial charge on any atom is -0.383 e. The summed E-state index contributed by atoms with van der Waals surface area (Å²) in [5, 5.41) is 6.02. The molecule has 0 saturated carbocycles. The van der Waals surface area contributed by atoms with E-state index in [0.717, 1.165) is 17.2 Å². The second-order valence-electron chi connectivity index (χ2n) is 2.24. The van der Waals surface area contributed by atoms with E-state index in [1.165, 1.54) is 11.3 Å². The quantitative estimate of drug-likeness (QED) is 0.689. The molecule has 11 heavy (non-hydrogen) atoms. The summed E-state index contributed by atoms with van der Waals surface area (Å²) in [5.74, 6) is 1.51. The van der Waals surface area contributed by atoms with Crippen LogP contribution in [0.15, 0.2) is 5.38 Å². The molecule has 2 aromatic heterocycles. The minimum atomic E-state index is 0.664. The van der Waals surface area contributed by atoms with Gasteiger partial charge in [0.15, 0.2) is 5.82 Å². The lowest BCUT2D eigenvalue weighted by Gasteiger charge is -1.83. The zero-order valence-corrected chi connectivity index (χ0v) is 6.93. The molecule has 2 rings (SSSR count). The third-order valence-corrected chi connectivity index (χ3v) is 2.30. The van der Waals surface area contributed by atoms with Crippen LogP contribution in [0, 0.1) is 0 Å². The Bertz CT molecular complexity index is 375. The monoisotopic (exact) mass is 168 g/mol. The molecule has 0 aliphatic heterocycles. The van der Waals surface area contributed by atoms with Gasteiger partial charge >= 0.3 is 0 Å². The van der Waals surface area contributed by atoms with Gasteiger partial charge in [0.25, 0.3) is 0 Å². The van der Waals surface area contributed by atoms with Crippen LogP contribution in [0.4, 0.5) is 5.82 Å². The van der Waals surface area contributed by atoms with E-state index in [1.807, 2.05) is 12.3 Å². The highest BCUT2D eigenvalue weighted by atomic mass is 32.1. The molecule has 0 aliphatic carbocycles. The predicted molar refractivity (Wildman–Crippen MR) is 44.7 cm³/mol. The zero-order chi connectivity index (χ0) is 7.84. The first-order chi connectivity index (χ1) is 5.31. The zero-order valence-electron chi connectivity index (χ0n) is 6.11. The Kier molecular flexibility index (Phi) is 1.32. The molecule has 0 bridgehead atoms. The highest BCUT2D eigenvalue weighted by molar-refractivity contribution is 7.15. The predicted octanol–water partition coefficient (Wildman–Crippen LogP) is 0.935. The van der Waals surface area contributed by atoms with Crippen LogP contribution in [-0.4, -0.2) is 14.6 Å². The molecule has 0 radical (unpaired) electrons. The van der Waals surface area contributed by atoms with Crippen LogP contribution in [0.3, 0.4) is 0 Å². The van der Waals surface area contributed by atoms with Gasteiger partial charge < -0.3 is 5.73 Å². The maximum Gasteiger partial charge on any atom is 0.214 e. The summed E-state index contributed by atoms with van der Waals surface area (Å²) in [6.07, 6.45) is 0.855. The molecule has 2 heterocycles. The van der Waals surface area contributed by atoms with Gasteiger partial charge in [0.05, 0.1) is 0 Å². The van der Waals surface area contributed by atoms with Gasteiger partial charge in [-0.2, -0.15) is 4.52 Å². The van der Waals surface area contributed by atoms with Crippen molar-refractivity contribution in [3.05, 3.63) is 11.2 Å². The van der Waals surface area contributed by atoms with E-state index in [2.05, 4.69) is 10.1 Å². The number of hydrogen-bond acceptors (Lipinski definition) is 4. The van der Waals surface area contributed by atoms with Gasteiger partial charge in [-0.25, -0.2) is 4.98 Å². The van der Waals surface area contributed by atoms with Crippen molar-refractivity contribution < 1.29 is 0 Å². The number of fused-ring (bicyclic) bond motifs is 1. The molecule has 2 aromatic rings. The standard InChI is InChI=1S/C6H8N4S/c1-2-5-8-6-10(9-5)4(7)3-11-6/h3H,2,7H2,1H3. The lowest BCUT2D eigenvalue weighted by atomic mass is 10.5. The molecule has 4 nitrogen and oxygen atoms in total. The number of rotatable bonds is 1. The number of nitrogens with zero attached hydrogens (tertiary/aromatic N) is 3. The van der Waals surface area contributed by atoms with Crippen molar-refractivity contribution in [3.63, 3.8) is 0 Å². The molecule has 0 atom stereocenters. The lowest BCUT2D eigenvalue weighted by Crippen LogP contribution is -1.93. The van der Waals surface area contributed by atoms with Crippen LogP contribution < -0.4 is 5.73 Å². The number of aromatic nitrogens is 3. The van der Waals surface area contributed by atoms with E-state index in [9.17, 15) is 0 Å². The molecule has 0 fully saturated rings. The molecule has 0 aromatic carbocycles. The lowest BCUT2D eigenvalue weighted by molar-refractivity contribution is 0.897. The van der Waals surface area contributed by atoms with Crippen LogP contribution in [0.2, 0.25) is 0 Å². The largest absolute Gasteiger partial charge is 0.383 e. The van der Waals surface area contributed by atoms with Gasteiger partial charge in [-0.05, 0) is 0 Å². The fourth-order valence-corrected chi connectivity index (χ4v) is 1.63. The van der Waals surface area contributed by atoms with Crippen LogP contribution in [0.1, 0.15) is 12.7 Å². The van der Waals surface area contributed by atoms with E-state index >= 15 is 0 Å². The van der Waals surface area contributed by atoms with E-state index in [0.29, 0.717) is 5.82 Å². The van der Waals surface area contributed by atoms with Gasteiger partial charge in [-0.3, -0.25) is 0 Å². The normalized spacial score (nSPS) is 11.0. The van der Waals surface area contributed by atoms with Crippen molar-refractivity contribution in [2.45, 2.75) is 13.3 Å². The molecule has 0 spiro atoms. The van der Waals surface area contributed by atoms with Crippen LogP contribution >= 0.6 is 11.3 Å². The van der Waals surface area contributed by atoms with E-state index in [1.54, 1.807) is 4.52 Å². The number of anilines is 1. The summed E-state index contributed by atoms with van der Waals surface area (Å²) in [7, 11) is 0. The molecule has 0 aliphatic rings. The Morgan fingerprint density at radius 2 is 2.55 bits per heavy atom. The third-order valence-electron chi connectivity index (χ3n) is 1.47. The SMILES string of the molecule is CCc1nc2scc(N)n2n1. The summed E-state index contributed by atoms with van der Waals surface area (Å²) >= 11 is 1.51. The van der Waals surface area contributed by atoms with Crippen molar-refractivity contribution in [1.29, 1.82) is 0 Å². The number of nitrogen functional groups attached to an aromatic ring is 1. The Morgan fingerprint density at radius 1 is 1.73 bits per heavy atom. The highest BCUT2D eigenvalue weighted by Crippen LogP contribution is 2.15. The van der Waals surface area contributed by atoms with Crippen molar-refractivity contribution in [2.75, 3.05) is 5.73 Å². The number of nitrogens with two attached hydrogens (primary N) is 1. The molecule has 0 amide bonds. The summed E-state index contributed by atoms with van der Waals surface area (Å²) in [6, 6.07) is 0. The summed E-state index contributed by atoms with van der Waals surface area (Å²) < 4.78 is 1.67. The number of aryl methyl sites for hydroxylation is 1. The summed E-state index contributed by atoms with van der Waals surface area (Å²) in [6.45, 7) is 2.02. The van der Waals surface area contributed by atoms with E-state index in [-0.39, 0.29) is 0 Å². The number of thiazole rings is 1. The van der Waals surface area contributed by atoms with Gasteiger partial charge in [0, 0.05) is 11.8 Å². The van der Waals surface area contributed by atoms with Gasteiger partial charge in [0.1, 0.15) is 5.82 Å². The van der Waals surface area contributed by atoms with Crippen molar-refractivity contribution in [1.82, 2.24) is 14.6 Å². The second kappa shape index (κ2) is 2.20. The van der Waals surface area contributed by atoms with Crippen molar-refractivity contribution >= 4 is 22.1 Å². The van der Waals surface area contributed by atoms with E-state index < -0.39 is 0 Å². The van der Waals surface area contributed by atoms with Gasteiger partial charge in [0.2, 0.25) is 4.96 Å². The minimum absolute atomic E-state index is 0.664. The average Bonchev–Trinajstić information content (AvgIpc) is 2.53. The van der Waals surface area contributed by atoms with Crippen molar-refractivity contribution in [2.24, 2.45) is 0 Å². The van der Waals surface area contributed by atoms with Crippen LogP contribution in [0.5, 0.6) is 0 Å². The Balaban J connectivity index is 2.70. The fraction of sp³-hybridized carbons (Fsp3) is 0.333. The maximum atomic E-state index is 5.62. The first kappa shape index (κ1) is 6.60. The topological polar surface area (TPSA) is 56.2 Å². The molecule has 58 valence electrons. The van der Waals surface area contributed by atoms with Crippen LogP contribution in [-0.2, 0) is 6.42 Å². The summed E-state index contributed by atoms with van der Waals surface area (Å²) in [5.41, 5.74) is 5.62. The van der Waals surface area contributed by atoms with E-state index in [4.69, 9.17) is 5.73 Å². The third kappa shape index (κ3) is 0.883. The summed E-state index contributed by atoms with van der Waals surface area (Å²) in [4.78, 5) is 5.12. The smallest absolute Gasteiger partial charge is 0.214 e. The molecule has 2 N–H and O–H groups in total. The average molecular weight is 168 g/mol. The molecular weight excluding hydrogens is 160 g/mol. The van der Waals surface area contributed by atoms with Gasteiger partial charge in [-0.1, -0.05) is 6.92 Å². The van der Waals surface area contributed by atoms with Gasteiger partial charge in [-0.15, -0.1) is 16.4 Å². The maximum absolute atomic E-state index is 5.62. The number of hydrogen-bond donors (Lipinski definition) is 1. The first-order valence-corrected chi connectivity index (χ1v) is 4.28. The molecule has 0 unspecified atom stereocenters. The molecular formula is C6H8N4S. The van der Waals surface area contributed by atoms with Crippen molar-refractivity contribution in [3.8, 4) is 0 Å². The highest BCUT2D eigenvalue weighted by Gasteiger charge is 2.04. The first-order valence-electron chi connectivity index (χ1n) is 3.40. The Labute approximate surface area is 67.7 Å². The second-order valence-corrected chi connectivity index (χ2v) is 3.07. The molecule has 0 saturated heterocycles. The molecule has 5 heteroatoms.